The summed E-state index contributed by atoms with van der Waals surface area (Å²) >= 11 is 0. The highest BCUT2D eigenvalue weighted by atomic mass is 16.7. The van der Waals surface area contributed by atoms with E-state index in [0.29, 0.717) is 0 Å². The first kappa shape index (κ1) is 25.2. The summed E-state index contributed by atoms with van der Waals surface area (Å²) in [6.07, 6.45) is 0. The van der Waals surface area contributed by atoms with Crippen molar-refractivity contribution in [2.45, 2.75) is 97.1 Å². The van der Waals surface area contributed by atoms with Crippen molar-refractivity contribution in [1.82, 2.24) is 0 Å². The third-order valence-electron chi connectivity index (χ3n) is 9.73. The molecular weight excluding hydrogens is 458 g/mol. The molecule has 0 atom stereocenters. The van der Waals surface area contributed by atoms with Gasteiger partial charge in [0.15, 0.2) is 0 Å². The van der Waals surface area contributed by atoms with Gasteiger partial charge in [-0.05, 0) is 99.3 Å². The predicted octanol–water partition coefficient (Wildman–Crippen LogP) is 5.74. The van der Waals surface area contributed by atoms with E-state index in [4.69, 9.17) is 18.6 Å². The van der Waals surface area contributed by atoms with Gasteiger partial charge in [0.2, 0.25) is 0 Å². The van der Waals surface area contributed by atoms with Gasteiger partial charge in [-0.3, -0.25) is 0 Å². The lowest BCUT2D eigenvalue weighted by Gasteiger charge is -2.32. The van der Waals surface area contributed by atoms with Crippen molar-refractivity contribution >= 4 is 35.9 Å². The van der Waals surface area contributed by atoms with E-state index in [1.807, 2.05) is 0 Å². The number of rotatable bonds is 2. The maximum atomic E-state index is 6.37. The molecule has 0 spiro atoms. The van der Waals surface area contributed by atoms with Gasteiger partial charge in [-0.15, -0.1) is 0 Å². The van der Waals surface area contributed by atoms with Crippen molar-refractivity contribution in [3.05, 3.63) is 59.7 Å². The monoisotopic (exact) mass is 496 g/mol. The van der Waals surface area contributed by atoms with Gasteiger partial charge in [0.25, 0.3) is 0 Å². The second-order valence-corrected chi connectivity index (χ2v) is 13.6. The van der Waals surface area contributed by atoms with Crippen molar-refractivity contribution in [2.24, 2.45) is 0 Å². The Hall–Kier alpha value is -2.11. The SMILES string of the molecule is CC1(C)c2cc(B3OC(C)(C)C(C)(C)O3)ccc2-c2ccc3cc(B4OC(C)(C)C(C)(C)O4)ccc3c21. The van der Waals surface area contributed by atoms with Crippen LogP contribution in [0.5, 0.6) is 0 Å². The van der Waals surface area contributed by atoms with Crippen LogP contribution in [-0.4, -0.2) is 36.6 Å². The molecule has 6 rings (SSSR count). The zero-order chi connectivity index (χ0) is 26.8. The molecule has 3 aromatic carbocycles. The van der Waals surface area contributed by atoms with E-state index in [1.54, 1.807) is 0 Å². The molecule has 2 heterocycles. The summed E-state index contributed by atoms with van der Waals surface area (Å²) in [4.78, 5) is 0. The van der Waals surface area contributed by atoms with Crippen molar-refractivity contribution < 1.29 is 18.6 Å². The highest BCUT2D eigenvalue weighted by Gasteiger charge is 2.53. The summed E-state index contributed by atoms with van der Waals surface area (Å²) in [5.41, 5.74) is 5.81. The fourth-order valence-electron chi connectivity index (χ4n) is 5.95. The average molecular weight is 496 g/mol. The molecule has 0 aromatic heterocycles. The summed E-state index contributed by atoms with van der Waals surface area (Å²) in [7, 11) is -0.732. The van der Waals surface area contributed by atoms with Gasteiger partial charge < -0.3 is 18.6 Å². The Kier molecular flexibility index (Phi) is 5.11. The average Bonchev–Trinajstić information content (AvgIpc) is 3.27. The molecule has 3 aliphatic rings. The first-order chi connectivity index (χ1) is 17.0. The molecule has 2 fully saturated rings. The van der Waals surface area contributed by atoms with E-state index in [9.17, 15) is 0 Å². The smallest absolute Gasteiger partial charge is 0.399 e. The van der Waals surface area contributed by atoms with Crippen molar-refractivity contribution in [1.29, 1.82) is 0 Å². The fourth-order valence-corrected chi connectivity index (χ4v) is 5.95. The first-order valence-corrected chi connectivity index (χ1v) is 13.5. The van der Waals surface area contributed by atoms with E-state index in [0.717, 1.165) is 10.9 Å². The minimum atomic E-state index is -0.367. The van der Waals surface area contributed by atoms with E-state index < -0.39 is 0 Å². The van der Waals surface area contributed by atoms with Gasteiger partial charge in [-0.25, -0.2) is 0 Å². The molecule has 4 nitrogen and oxygen atoms in total. The Labute approximate surface area is 222 Å². The first-order valence-electron chi connectivity index (χ1n) is 13.5. The van der Waals surface area contributed by atoms with E-state index in [1.165, 1.54) is 33.0 Å². The molecule has 0 bridgehead atoms. The molecule has 0 radical (unpaired) electrons. The van der Waals surface area contributed by atoms with Gasteiger partial charge in [0, 0.05) is 5.41 Å². The van der Waals surface area contributed by atoms with Gasteiger partial charge in [0.05, 0.1) is 22.4 Å². The normalized spacial score (nSPS) is 23.9. The second kappa shape index (κ2) is 7.51. The van der Waals surface area contributed by atoms with E-state index in [-0.39, 0.29) is 42.1 Å². The maximum Gasteiger partial charge on any atom is 0.494 e. The van der Waals surface area contributed by atoms with Crippen LogP contribution in [-0.2, 0) is 24.0 Å². The summed E-state index contributed by atoms with van der Waals surface area (Å²) in [5, 5.41) is 2.48. The van der Waals surface area contributed by atoms with Crippen LogP contribution in [0.25, 0.3) is 21.9 Å². The molecule has 0 saturated carbocycles. The van der Waals surface area contributed by atoms with Gasteiger partial charge >= 0.3 is 14.2 Å². The Morgan fingerprint density at radius 1 is 0.514 bits per heavy atom. The second-order valence-electron chi connectivity index (χ2n) is 13.6. The van der Waals surface area contributed by atoms with Gasteiger partial charge in [-0.1, -0.05) is 62.4 Å². The van der Waals surface area contributed by atoms with Crippen LogP contribution in [0.3, 0.4) is 0 Å². The van der Waals surface area contributed by atoms with Crippen LogP contribution in [0, 0.1) is 0 Å². The van der Waals surface area contributed by atoms with E-state index in [2.05, 4.69) is 118 Å². The summed E-state index contributed by atoms with van der Waals surface area (Å²) in [6, 6.07) is 17.8. The van der Waals surface area contributed by atoms with Crippen molar-refractivity contribution in [3.8, 4) is 11.1 Å². The topological polar surface area (TPSA) is 36.9 Å². The van der Waals surface area contributed by atoms with Crippen LogP contribution in [0.2, 0.25) is 0 Å². The van der Waals surface area contributed by atoms with Crippen LogP contribution >= 0.6 is 0 Å². The predicted molar refractivity (Wildman–Crippen MR) is 153 cm³/mol. The molecule has 6 heteroatoms. The zero-order valence-electron chi connectivity index (χ0n) is 23.9. The lowest BCUT2D eigenvalue weighted by Crippen LogP contribution is -2.41. The Balaban J connectivity index is 1.39. The molecule has 0 amide bonds. The third-order valence-corrected chi connectivity index (χ3v) is 9.73. The highest BCUT2D eigenvalue weighted by molar-refractivity contribution is 6.62. The molecule has 37 heavy (non-hydrogen) atoms. The fraction of sp³-hybridized carbons (Fsp3) is 0.484. The van der Waals surface area contributed by atoms with Crippen LogP contribution in [0.4, 0.5) is 0 Å². The van der Waals surface area contributed by atoms with Crippen LogP contribution in [0.15, 0.2) is 48.5 Å². The summed E-state index contributed by atoms with van der Waals surface area (Å²) < 4.78 is 25.4. The zero-order valence-corrected chi connectivity index (χ0v) is 23.9. The van der Waals surface area contributed by atoms with Crippen molar-refractivity contribution in [2.75, 3.05) is 0 Å². The van der Waals surface area contributed by atoms with Crippen LogP contribution < -0.4 is 10.9 Å². The molecule has 2 aliphatic heterocycles. The Bertz CT molecular complexity index is 1400. The minimum Gasteiger partial charge on any atom is -0.399 e. The molecule has 1 aliphatic carbocycles. The van der Waals surface area contributed by atoms with Gasteiger partial charge in [0.1, 0.15) is 0 Å². The maximum absolute atomic E-state index is 6.37. The standard InChI is InChI=1S/C31H38B2O4/c1-27(2)25-18-21(33-36-30(7,8)31(9,10)37-33)13-16-23(25)24-14-11-19-17-20(12-15-22(19)26(24)27)32-34-28(3,4)29(5,6)35-32/h11-18H,1-10H3. The number of hydrogen-bond donors (Lipinski definition) is 0. The third kappa shape index (κ3) is 3.52. The minimum absolute atomic E-state index is 0.157. The number of benzene rings is 3. The quantitative estimate of drug-likeness (QED) is 0.424. The molecular formula is C31H38B2O4. The Morgan fingerprint density at radius 2 is 0.973 bits per heavy atom. The molecule has 3 aromatic rings. The molecule has 0 unspecified atom stereocenters. The molecule has 2 saturated heterocycles. The lowest BCUT2D eigenvalue weighted by atomic mass is 9.73. The van der Waals surface area contributed by atoms with Crippen LogP contribution in [0.1, 0.15) is 80.4 Å². The van der Waals surface area contributed by atoms with E-state index >= 15 is 0 Å². The van der Waals surface area contributed by atoms with Crippen molar-refractivity contribution in [3.63, 3.8) is 0 Å². The summed E-state index contributed by atoms with van der Waals surface area (Å²) in [6.45, 7) is 21.4. The highest BCUT2D eigenvalue weighted by Crippen LogP contribution is 2.51. The number of hydrogen-bond acceptors (Lipinski definition) is 4. The largest absolute Gasteiger partial charge is 0.494 e. The lowest BCUT2D eigenvalue weighted by molar-refractivity contribution is 0.00578. The van der Waals surface area contributed by atoms with Gasteiger partial charge in [-0.2, -0.15) is 0 Å². The molecule has 192 valence electrons. The summed E-state index contributed by atoms with van der Waals surface area (Å²) in [5.74, 6) is 0. The Morgan fingerprint density at radius 3 is 1.51 bits per heavy atom. The molecule has 0 N–H and O–H groups in total. The number of fused-ring (bicyclic) bond motifs is 5.